The number of nitrogens with one attached hydrogen (secondary N) is 2. The Labute approximate surface area is 262 Å². The lowest BCUT2D eigenvalue weighted by molar-refractivity contribution is -0.136. The monoisotopic (exact) mass is 761 g/mol. The van der Waals surface area contributed by atoms with Crippen molar-refractivity contribution in [3.63, 3.8) is 0 Å². The highest BCUT2D eigenvalue weighted by Crippen LogP contribution is 2.40. The highest BCUT2D eigenvalue weighted by molar-refractivity contribution is 9.11. The zero-order chi connectivity index (χ0) is 30.0. The Hall–Kier alpha value is -3.74. The Balaban J connectivity index is 1.48. The number of ether oxygens (including phenoxy) is 1. The zero-order valence-electron chi connectivity index (χ0n) is 21.1. The van der Waals surface area contributed by atoms with E-state index in [-0.39, 0.29) is 22.3 Å². The summed E-state index contributed by atoms with van der Waals surface area (Å²) in [4.78, 5) is 28.8. The molecule has 0 aliphatic carbocycles. The van der Waals surface area contributed by atoms with Crippen LogP contribution in [0.1, 0.15) is 32.0 Å². The minimum absolute atomic E-state index is 0.0950. The van der Waals surface area contributed by atoms with Crippen molar-refractivity contribution < 1.29 is 27.5 Å². The molecule has 1 heterocycles. The number of esters is 1. The largest absolute Gasteiger partial charge is 0.421 e. The molecule has 0 spiro atoms. The molecule has 2 N–H and O–H groups in total. The number of rotatable bonds is 6. The summed E-state index contributed by atoms with van der Waals surface area (Å²) in [6.07, 6.45) is -3.37. The number of aromatic amines is 1. The number of hydrogen-bond acceptors (Lipinski definition) is 4. The molecule has 0 unspecified atom stereocenters. The van der Waals surface area contributed by atoms with Crippen molar-refractivity contribution in [2.45, 2.75) is 6.18 Å². The first-order valence-electron chi connectivity index (χ1n) is 12.1. The lowest BCUT2D eigenvalue weighted by atomic mass is 10.0. The second kappa shape index (κ2) is 12.2. The van der Waals surface area contributed by atoms with Crippen LogP contribution in [0.25, 0.3) is 22.0 Å². The fourth-order valence-corrected chi connectivity index (χ4v) is 5.87. The molecule has 1 aromatic heterocycles. The number of H-pyrrole nitrogens is 1. The van der Waals surface area contributed by atoms with Crippen molar-refractivity contribution in [2.24, 2.45) is 5.10 Å². The molecule has 12 heteroatoms. The van der Waals surface area contributed by atoms with E-state index in [9.17, 15) is 22.8 Å². The van der Waals surface area contributed by atoms with Crippen LogP contribution in [0.4, 0.5) is 13.2 Å². The fourth-order valence-electron chi connectivity index (χ4n) is 4.27. The molecule has 0 radical (unpaired) electrons. The van der Waals surface area contributed by atoms with Gasteiger partial charge in [0.05, 0.1) is 27.3 Å². The van der Waals surface area contributed by atoms with E-state index in [1.165, 1.54) is 18.3 Å². The van der Waals surface area contributed by atoms with Crippen LogP contribution < -0.4 is 10.2 Å². The first kappa shape index (κ1) is 29.7. The van der Waals surface area contributed by atoms with E-state index in [1.54, 1.807) is 66.7 Å². The number of carbonyl (C=O) groups is 2. The van der Waals surface area contributed by atoms with E-state index in [0.717, 1.165) is 10.5 Å². The molecule has 0 atom stereocenters. The van der Waals surface area contributed by atoms with Gasteiger partial charge in [0, 0.05) is 25.5 Å². The van der Waals surface area contributed by atoms with Gasteiger partial charge >= 0.3 is 12.1 Å². The fraction of sp³-hybridized carbons (Fsp3) is 0.0333. The Morgan fingerprint density at radius 1 is 0.881 bits per heavy atom. The van der Waals surface area contributed by atoms with Gasteiger partial charge in [0.1, 0.15) is 5.69 Å². The minimum atomic E-state index is -4.64. The lowest BCUT2D eigenvalue weighted by Gasteiger charge is -2.11. The molecule has 0 saturated heterocycles. The molecule has 0 fully saturated rings. The van der Waals surface area contributed by atoms with E-state index >= 15 is 0 Å². The van der Waals surface area contributed by atoms with Gasteiger partial charge in [0.2, 0.25) is 0 Å². The maximum Gasteiger partial charge on any atom is 0.418 e. The van der Waals surface area contributed by atoms with Crippen LogP contribution in [0.5, 0.6) is 5.75 Å². The van der Waals surface area contributed by atoms with Crippen LogP contribution in [-0.2, 0) is 6.18 Å². The SMILES string of the molecule is O=C(Oc1c(Br)cc(Br)cc1C=NNC(=O)c1[nH]c2c(C(F)(F)F)cccc2c1-c1ccccc1)c1ccc(Br)cc1. The lowest BCUT2D eigenvalue weighted by Crippen LogP contribution is -2.19. The summed E-state index contributed by atoms with van der Waals surface area (Å²) < 4.78 is 48.8. The standard InChI is InChI=1S/C30H17Br3F3N3O3/c31-19-11-9-17(10-12-19)29(41)42-27-18(13-20(32)14-23(27)33)15-37-39-28(40)26-24(16-5-2-1-3-6-16)21-7-4-8-22(25(21)38-26)30(34,35)36/h1-15,38H,(H,39,40). The van der Waals surface area contributed by atoms with E-state index < -0.39 is 23.6 Å². The van der Waals surface area contributed by atoms with Gasteiger partial charge in [0.15, 0.2) is 5.75 Å². The summed E-state index contributed by atoms with van der Waals surface area (Å²) in [5.41, 5.74) is 2.68. The van der Waals surface area contributed by atoms with Crippen molar-refractivity contribution in [3.8, 4) is 16.9 Å². The number of para-hydroxylation sites is 1. The second-order valence-electron chi connectivity index (χ2n) is 8.87. The predicted octanol–water partition coefficient (Wildman–Crippen LogP) is 9.12. The molecule has 0 saturated carbocycles. The van der Waals surface area contributed by atoms with Crippen molar-refractivity contribution in [3.05, 3.63) is 121 Å². The number of fused-ring (bicyclic) bond motifs is 1. The Morgan fingerprint density at radius 3 is 2.29 bits per heavy atom. The van der Waals surface area contributed by atoms with Gasteiger partial charge in [-0.1, -0.05) is 74.3 Å². The van der Waals surface area contributed by atoms with Crippen LogP contribution in [0, 0.1) is 0 Å². The number of hydrazone groups is 1. The van der Waals surface area contributed by atoms with E-state index in [0.29, 0.717) is 31.2 Å². The summed E-state index contributed by atoms with van der Waals surface area (Å²) >= 11 is 10.1. The highest BCUT2D eigenvalue weighted by Gasteiger charge is 2.34. The molecule has 0 bridgehead atoms. The average Bonchev–Trinajstić information content (AvgIpc) is 3.35. The summed E-state index contributed by atoms with van der Waals surface area (Å²) in [6.45, 7) is 0. The Bertz CT molecular complexity index is 1840. The highest BCUT2D eigenvalue weighted by atomic mass is 79.9. The number of alkyl halides is 3. The van der Waals surface area contributed by atoms with Gasteiger partial charge in [0.25, 0.3) is 5.91 Å². The summed E-state index contributed by atoms with van der Waals surface area (Å²) in [7, 11) is 0. The quantitative estimate of drug-likeness (QED) is 0.0784. The smallest absolute Gasteiger partial charge is 0.418 e. The number of nitrogens with zero attached hydrogens (tertiary/aromatic N) is 1. The van der Waals surface area contributed by atoms with Crippen LogP contribution in [0.15, 0.2) is 103 Å². The molecule has 212 valence electrons. The van der Waals surface area contributed by atoms with Gasteiger partial charge in [-0.3, -0.25) is 4.79 Å². The molecule has 1 amide bonds. The number of amides is 1. The molecule has 42 heavy (non-hydrogen) atoms. The second-order valence-corrected chi connectivity index (χ2v) is 11.6. The van der Waals surface area contributed by atoms with Gasteiger partial charge in [-0.2, -0.15) is 18.3 Å². The van der Waals surface area contributed by atoms with Crippen LogP contribution >= 0.6 is 47.8 Å². The third-order valence-corrected chi connectivity index (χ3v) is 7.69. The number of aromatic nitrogens is 1. The Kier molecular flexibility index (Phi) is 8.67. The normalized spacial score (nSPS) is 11.7. The number of benzene rings is 4. The van der Waals surface area contributed by atoms with Crippen molar-refractivity contribution in [2.75, 3.05) is 0 Å². The maximum absolute atomic E-state index is 13.8. The van der Waals surface area contributed by atoms with Crippen molar-refractivity contribution in [1.29, 1.82) is 0 Å². The topological polar surface area (TPSA) is 83.5 Å². The number of hydrogen-bond donors (Lipinski definition) is 2. The zero-order valence-corrected chi connectivity index (χ0v) is 25.9. The van der Waals surface area contributed by atoms with Gasteiger partial charge in [-0.25, -0.2) is 10.2 Å². The molecular weight excluding hydrogens is 747 g/mol. The molecule has 0 aliphatic rings. The molecule has 5 rings (SSSR count). The van der Waals surface area contributed by atoms with Crippen molar-refractivity contribution >= 4 is 76.8 Å². The Morgan fingerprint density at radius 2 is 1.60 bits per heavy atom. The number of carbonyl (C=O) groups excluding carboxylic acids is 2. The molecule has 6 nitrogen and oxygen atoms in total. The van der Waals surface area contributed by atoms with E-state index in [4.69, 9.17) is 4.74 Å². The third kappa shape index (κ3) is 6.35. The van der Waals surface area contributed by atoms with Crippen LogP contribution in [0.2, 0.25) is 0 Å². The first-order valence-corrected chi connectivity index (χ1v) is 14.5. The van der Waals surface area contributed by atoms with Crippen LogP contribution in [0.3, 0.4) is 0 Å². The molecular formula is C30H17Br3F3N3O3. The average molecular weight is 764 g/mol. The maximum atomic E-state index is 13.8. The predicted molar refractivity (Wildman–Crippen MR) is 165 cm³/mol. The molecule has 4 aromatic carbocycles. The molecule has 5 aromatic rings. The van der Waals surface area contributed by atoms with Crippen LogP contribution in [-0.4, -0.2) is 23.1 Å². The minimum Gasteiger partial charge on any atom is -0.421 e. The number of halogens is 6. The van der Waals surface area contributed by atoms with Gasteiger partial charge < -0.3 is 9.72 Å². The molecule has 0 aliphatic heterocycles. The first-order chi connectivity index (χ1) is 20.0. The summed E-state index contributed by atoms with van der Waals surface area (Å²) in [5, 5.41) is 4.26. The summed E-state index contributed by atoms with van der Waals surface area (Å²) in [5.74, 6) is -1.23. The third-order valence-electron chi connectivity index (χ3n) is 6.11. The van der Waals surface area contributed by atoms with E-state index in [2.05, 4.69) is 63.3 Å². The van der Waals surface area contributed by atoms with E-state index in [1.807, 2.05) is 0 Å². The summed E-state index contributed by atoms with van der Waals surface area (Å²) in [6, 6.07) is 22.3. The van der Waals surface area contributed by atoms with Gasteiger partial charge in [-0.05, 0) is 64.0 Å². The van der Waals surface area contributed by atoms with Crippen molar-refractivity contribution in [1.82, 2.24) is 10.4 Å². The van der Waals surface area contributed by atoms with Gasteiger partial charge in [-0.15, -0.1) is 0 Å².